The zero-order valence-corrected chi connectivity index (χ0v) is 23.0. The van der Waals surface area contributed by atoms with Crippen molar-refractivity contribution in [2.24, 2.45) is 0 Å². The Morgan fingerprint density at radius 1 is 0.975 bits per heavy atom. The Morgan fingerprint density at radius 3 is 2.35 bits per heavy atom. The highest BCUT2D eigenvalue weighted by molar-refractivity contribution is 6.11. The quantitative estimate of drug-likeness (QED) is 0.208. The summed E-state index contributed by atoms with van der Waals surface area (Å²) in [5, 5.41) is 5.10. The van der Waals surface area contributed by atoms with E-state index in [1.807, 2.05) is 30.7 Å². The number of hydrogen-bond donors (Lipinski definition) is 2. The molecule has 3 aromatic carbocycles. The Kier molecular flexibility index (Phi) is 8.13. The van der Waals surface area contributed by atoms with Crippen LogP contribution in [-0.4, -0.2) is 32.9 Å². The first-order valence-electron chi connectivity index (χ1n) is 12.8. The monoisotopic (exact) mass is 542 g/mol. The zero-order chi connectivity index (χ0) is 29.0. The number of nitrogens with one attached hydrogen (secondary N) is 2. The molecule has 1 heterocycles. The lowest BCUT2D eigenvalue weighted by Crippen LogP contribution is -2.42. The van der Waals surface area contributed by atoms with Crippen molar-refractivity contribution in [3.05, 3.63) is 95.8 Å². The molecule has 0 aliphatic rings. The van der Waals surface area contributed by atoms with Gasteiger partial charge < -0.3 is 19.9 Å². The highest BCUT2D eigenvalue weighted by atomic mass is 19.1. The minimum absolute atomic E-state index is 0.187. The summed E-state index contributed by atoms with van der Waals surface area (Å²) in [7, 11) is 0. The summed E-state index contributed by atoms with van der Waals surface area (Å²) < 4.78 is 23.0. The lowest BCUT2D eigenvalue weighted by molar-refractivity contribution is -0.115. The van der Waals surface area contributed by atoms with Gasteiger partial charge in [-0.1, -0.05) is 42.5 Å². The molecule has 4 rings (SSSR count). The van der Waals surface area contributed by atoms with Gasteiger partial charge in [0.1, 0.15) is 11.5 Å². The molecule has 206 valence electrons. The standard InChI is InChI=1S/C31H31FN4O4/c1-19-18-36(20(2)33-19)23-13-9-12-22(16-23)25(37)17-27(38)34-29-26(40-30(39)35-31(3,4)5)15-14-24(28(29)32)21-10-7-6-8-11-21/h6-16,18H,17H2,1-5H3,(H,34,38)(H,35,39). The molecule has 0 fully saturated rings. The number of halogens is 1. The smallest absolute Gasteiger partial charge is 0.408 e. The van der Waals surface area contributed by atoms with E-state index in [1.54, 1.807) is 69.3 Å². The summed E-state index contributed by atoms with van der Waals surface area (Å²) in [6.45, 7) is 9.04. The van der Waals surface area contributed by atoms with E-state index in [9.17, 15) is 14.4 Å². The number of anilines is 1. The normalized spacial score (nSPS) is 11.2. The largest absolute Gasteiger partial charge is 0.413 e. The Labute approximate surface area is 232 Å². The third kappa shape index (κ3) is 6.79. The minimum Gasteiger partial charge on any atom is -0.408 e. The summed E-state index contributed by atoms with van der Waals surface area (Å²) in [5.41, 5.74) is 1.72. The van der Waals surface area contributed by atoms with Crippen LogP contribution in [0.1, 0.15) is 49.1 Å². The number of aromatic nitrogens is 2. The van der Waals surface area contributed by atoms with Gasteiger partial charge in [-0.15, -0.1) is 0 Å². The van der Waals surface area contributed by atoms with E-state index >= 15 is 4.39 Å². The zero-order valence-electron chi connectivity index (χ0n) is 23.0. The van der Waals surface area contributed by atoms with Crippen LogP contribution in [0.25, 0.3) is 16.8 Å². The number of hydrogen-bond acceptors (Lipinski definition) is 5. The van der Waals surface area contributed by atoms with Crippen molar-refractivity contribution in [2.75, 3.05) is 5.32 Å². The molecule has 0 saturated heterocycles. The van der Waals surface area contributed by atoms with Crippen molar-refractivity contribution in [1.82, 2.24) is 14.9 Å². The van der Waals surface area contributed by atoms with E-state index in [1.165, 1.54) is 12.1 Å². The minimum atomic E-state index is -0.812. The second kappa shape index (κ2) is 11.5. The summed E-state index contributed by atoms with van der Waals surface area (Å²) in [6.07, 6.45) is 0.493. The van der Waals surface area contributed by atoms with Crippen LogP contribution in [-0.2, 0) is 4.79 Å². The Bertz CT molecular complexity index is 1570. The van der Waals surface area contributed by atoms with Gasteiger partial charge in [-0.2, -0.15) is 0 Å². The predicted molar refractivity (Wildman–Crippen MR) is 151 cm³/mol. The lowest BCUT2D eigenvalue weighted by Gasteiger charge is -2.21. The van der Waals surface area contributed by atoms with Gasteiger partial charge in [0.2, 0.25) is 5.91 Å². The first kappa shape index (κ1) is 28.2. The fourth-order valence-corrected chi connectivity index (χ4v) is 4.17. The van der Waals surface area contributed by atoms with Crippen molar-refractivity contribution < 1.29 is 23.5 Å². The van der Waals surface area contributed by atoms with E-state index < -0.39 is 35.6 Å². The molecule has 0 radical (unpaired) electrons. The van der Waals surface area contributed by atoms with Gasteiger partial charge in [0.15, 0.2) is 17.3 Å². The number of ketones is 1. The molecule has 0 unspecified atom stereocenters. The molecule has 8 nitrogen and oxygen atoms in total. The number of amides is 2. The molecule has 0 aliphatic heterocycles. The molecule has 0 aliphatic carbocycles. The maximum atomic E-state index is 15.8. The van der Waals surface area contributed by atoms with E-state index in [4.69, 9.17) is 4.74 Å². The Balaban J connectivity index is 1.59. The van der Waals surface area contributed by atoms with Gasteiger partial charge in [0.05, 0.1) is 12.1 Å². The molecule has 4 aromatic rings. The Morgan fingerprint density at radius 2 is 1.70 bits per heavy atom. The number of rotatable bonds is 7. The second-order valence-corrected chi connectivity index (χ2v) is 10.4. The van der Waals surface area contributed by atoms with Gasteiger partial charge in [0.25, 0.3) is 0 Å². The van der Waals surface area contributed by atoms with Crippen LogP contribution in [0.2, 0.25) is 0 Å². The van der Waals surface area contributed by atoms with Crippen LogP contribution in [0.3, 0.4) is 0 Å². The number of aryl methyl sites for hydroxylation is 2. The number of benzene rings is 3. The molecule has 2 amide bonds. The van der Waals surface area contributed by atoms with Crippen LogP contribution < -0.4 is 15.4 Å². The van der Waals surface area contributed by atoms with Gasteiger partial charge >= 0.3 is 6.09 Å². The molecule has 0 atom stereocenters. The third-order valence-electron chi connectivity index (χ3n) is 5.90. The number of carbonyl (C=O) groups excluding carboxylic acids is 3. The van der Waals surface area contributed by atoms with E-state index in [0.717, 1.165) is 17.2 Å². The molecular weight excluding hydrogens is 511 g/mol. The van der Waals surface area contributed by atoms with Crippen molar-refractivity contribution >= 4 is 23.5 Å². The highest BCUT2D eigenvalue weighted by Crippen LogP contribution is 2.35. The second-order valence-electron chi connectivity index (χ2n) is 10.4. The van der Waals surface area contributed by atoms with Crippen LogP contribution in [0, 0.1) is 19.7 Å². The maximum absolute atomic E-state index is 15.8. The molecule has 2 N–H and O–H groups in total. The number of Topliss-reactive ketones (excluding diaryl/α,β-unsaturated/α-hetero) is 1. The summed E-state index contributed by atoms with van der Waals surface area (Å²) in [4.78, 5) is 42.9. The van der Waals surface area contributed by atoms with Gasteiger partial charge in [-0.3, -0.25) is 9.59 Å². The predicted octanol–water partition coefficient (Wildman–Crippen LogP) is 6.39. The molecule has 0 bridgehead atoms. The summed E-state index contributed by atoms with van der Waals surface area (Å²) in [5.74, 6) is -1.43. The van der Waals surface area contributed by atoms with Gasteiger partial charge in [-0.05, 0) is 64.4 Å². The van der Waals surface area contributed by atoms with E-state index in [2.05, 4.69) is 15.6 Å². The number of carbonyl (C=O) groups is 3. The fourth-order valence-electron chi connectivity index (χ4n) is 4.17. The molecule has 40 heavy (non-hydrogen) atoms. The van der Waals surface area contributed by atoms with Crippen molar-refractivity contribution in [3.63, 3.8) is 0 Å². The molecule has 0 spiro atoms. The first-order valence-corrected chi connectivity index (χ1v) is 12.8. The maximum Gasteiger partial charge on any atom is 0.413 e. The molecule has 0 saturated carbocycles. The van der Waals surface area contributed by atoms with Crippen LogP contribution in [0.5, 0.6) is 5.75 Å². The Hall–Kier alpha value is -4.79. The van der Waals surface area contributed by atoms with E-state index in [0.29, 0.717) is 11.1 Å². The average molecular weight is 543 g/mol. The van der Waals surface area contributed by atoms with Gasteiger partial charge in [0, 0.05) is 28.6 Å². The van der Waals surface area contributed by atoms with Crippen LogP contribution >= 0.6 is 0 Å². The lowest BCUT2D eigenvalue weighted by atomic mass is 10.0. The van der Waals surface area contributed by atoms with Gasteiger partial charge in [-0.25, -0.2) is 14.2 Å². The van der Waals surface area contributed by atoms with Crippen LogP contribution in [0.15, 0.2) is 72.9 Å². The third-order valence-corrected chi connectivity index (χ3v) is 5.90. The van der Waals surface area contributed by atoms with Crippen molar-refractivity contribution in [1.29, 1.82) is 0 Å². The highest BCUT2D eigenvalue weighted by Gasteiger charge is 2.23. The first-order chi connectivity index (χ1) is 18.9. The summed E-state index contributed by atoms with van der Waals surface area (Å²) >= 11 is 0. The topological polar surface area (TPSA) is 102 Å². The SMILES string of the molecule is Cc1cn(-c2cccc(C(=O)CC(=O)Nc3c(OC(=O)NC(C)(C)C)ccc(-c4ccccc4)c3F)c2)c(C)n1. The fraction of sp³-hybridized carbons (Fsp3) is 0.226. The van der Waals surface area contributed by atoms with Crippen molar-refractivity contribution in [3.8, 4) is 22.6 Å². The average Bonchev–Trinajstić information content (AvgIpc) is 3.23. The van der Waals surface area contributed by atoms with Crippen LogP contribution in [0.4, 0.5) is 14.9 Å². The summed E-state index contributed by atoms with van der Waals surface area (Å²) in [6, 6.07) is 18.5. The molecular formula is C31H31FN4O4. The molecule has 9 heteroatoms. The van der Waals surface area contributed by atoms with Crippen molar-refractivity contribution in [2.45, 2.75) is 46.6 Å². The molecule has 1 aromatic heterocycles. The number of ether oxygens (including phenoxy) is 1. The number of imidazole rings is 1. The van der Waals surface area contributed by atoms with E-state index in [-0.39, 0.29) is 17.0 Å². The number of nitrogens with zero attached hydrogens (tertiary/aromatic N) is 2.